The summed E-state index contributed by atoms with van der Waals surface area (Å²) in [6, 6.07) is 0. The van der Waals surface area contributed by atoms with Gasteiger partial charge in [-0.15, -0.1) is 0 Å². The molecule has 152 valence electrons. The smallest absolute Gasteiger partial charge is 0.335 e. The average Bonchev–Trinajstić information content (AvgIpc) is 2.95. The Labute approximate surface area is 161 Å². The first-order valence-electron chi connectivity index (χ1n) is 9.58. The topological polar surface area (TPSA) is 101 Å². The molecule has 2 aliphatic carbocycles. The summed E-state index contributed by atoms with van der Waals surface area (Å²) in [5.74, 6) is -0.639. The number of aliphatic hydroxyl groups excluding tert-OH is 1. The lowest BCUT2D eigenvalue weighted by atomic mass is 9.46. The molecule has 0 aromatic heterocycles. The molecule has 1 aliphatic heterocycles. The van der Waals surface area contributed by atoms with Gasteiger partial charge in [-0.25, -0.2) is 4.79 Å². The molecule has 0 radical (unpaired) electrons. The highest BCUT2D eigenvalue weighted by Gasteiger charge is 2.57. The van der Waals surface area contributed by atoms with Crippen molar-refractivity contribution in [2.45, 2.75) is 64.2 Å². The molecule has 0 amide bonds. The first kappa shape index (κ1) is 20.6. The van der Waals surface area contributed by atoms with Gasteiger partial charge in [0, 0.05) is 0 Å². The Balaban J connectivity index is 1.98. The van der Waals surface area contributed by atoms with Crippen LogP contribution in [0.4, 0.5) is 0 Å². The van der Waals surface area contributed by atoms with Crippen molar-refractivity contribution in [3.63, 3.8) is 0 Å². The van der Waals surface area contributed by atoms with Crippen LogP contribution in [-0.4, -0.2) is 42.0 Å². The van der Waals surface area contributed by atoms with Crippen molar-refractivity contribution < 1.29 is 27.6 Å². The minimum Gasteiger partial charge on any atom is -0.458 e. The average molecular weight is 399 g/mol. The van der Waals surface area contributed by atoms with Crippen LogP contribution in [0.25, 0.3) is 0 Å². The van der Waals surface area contributed by atoms with Crippen LogP contribution in [0.3, 0.4) is 0 Å². The lowest BCUT2D eigenvalue weighted by Crippen LogP contribution is -2.55. The molecule has 0 aromatic rings. The predicted molar refractivity (Wildman–Crippen MR) is 101 cm³/mol. The van der Waals surface area contributed by atoms with Crippen LogP contribution >= 0.6 is 0 Å². The molecule has 2 saturated carbocycles. The Morgan fingerprint density at radius 1 is 1.33 bits per heavy atom. The van der Waals surface area contributed by atoms with Gasteiger partial charge in [-0.2, -0.15) is 8.42 Å². The molecule has 2 fully saturated rings. The van der Waals surface area contributed by atoms with E-state index in [4.69, 9.17) is 4.74 Å². The monoisotopic (exact) mass is 398 g/mol. The van der Waals surface area contributed by atoms with Crippen molar-refractivity contribution in [3.8, 4) is 0 Å². The van der Waals surface area contributed by atoms with Crippen LogP contribution in [-0.2, 0) is 19.6 Å². The van der Waals surface area contributed by atoms with E-state index in [-0.39, 0.29) is 41.3 Å². The van der Waals surface area contributed by atoms with Crippen LogP contribution in [0.2, 0.25) is 0 Å². The third-order valence-electron chi connectivity index (χ3n) is 7.46. The quantitative estimate of drug-likeness (QED) is 0.429. The summed E-state index contributed by atoms with van der Waals surface area (Å²) in [4.78, 5) is 12.0. The van der Waals surface area contributed by atoms with Gasteiger partial charge in [-0.05, 0) is 60.8 Å². The molecule has 3 aliphatic rings. The molecule has 0 bridgehead atoms. The number of hydrogen-bond donors (Lipinski definition) is 2. The molecule has 0 spiro atoms. The summed E-state index contributed by atoms with van der Waals surface area (Å²) in [6.45, 7) is 10.5. The number of carbonyl (C=O) groups excluding carboxylic acids is 1. The minimum absolute atomic E-state index is 0.0196. The Kier molecular flexibility index (Phi) is 5.11. The van der Waals surface area contributed by atoms with Crippen molar-refractivity contribution in [1.82, 2.24) is 0 Å². The minimum atomic E-state index is -4.47. The zero-order valence-corrected chi connectivity index (χ0v) is 17.1. The number of ether oxygens (including phenoxy) is 1. The Morgan fingerprint density at radius 2 is 2.00 bits per heavy atom. The van der Waals surface area contributed by atoms with Crippen molar-refractivity contribution in [2.24, 2.45) is 22.7 Å². The summed E-state index contributed by atoms with van der Waals surface area (Å²) < 4.78 is 39.0. The van der Waals surface area contributed by atoms with E-state index in [1.54, 1.807) is 0 Å². The molecule has 0 saturated heterocycles. The van der Waals surface area contributed by atoms with Crippen molar-refractivity contribution in [1.29, 1.82) is 0 Å². The Bertz CT molecular complexity index is 780. The van der Waals surface area contributed by atoms with E-state index in [0.717, 1.165) is 24.8 Å². The molecule has 27 heavy (non-hydrogen) atoms. The van der Waals surface area contributed by atoms with Gasteiger partial charge in [-0.3, -0.25) is 4.55 Å². The van der Waals surface area contributed by atoms with Gasteiger partial charge in [-0.1, -0.05) is 32.9 Å². The number of esters is 1. The van der Waals surface area contributed by atoms with E-state index in [9.17, 15) is 22.9 Å². The normalized spacial score (nSPS) is 37.4. The largest absolute Gasteiger partial charge is 0.458 e. The number of aliphatic hydroxyl groups is 1. The van der Waals surface area contributed by atoms with Crippen molar-refractivity contribution in [2.75, 3.05) is 6.61 Å². The highest BCUT2D eigenvalue weighted by atomic mass is 32.2. The van der Waals surface area contributed by atoms with Gasteiger partial charge in [0.1, 0.15) is 11.9 Å². The third kappa shape index (κ3) is 3.38. The maximum absolute atomic E-state index is 12.1. The van der Waals surface area contributed by atoms with E-state index in [1.165, 1.54) is 6.08 Å². The number of hydrogen-bond acceptors (Lipinski definition) is 5. The number of rotatable bonds is 4. The molecule has 3 rings (SSSR count). The van der Waals surface area contributed by atoms with Crippen molar-refractivity contribution >= 4 is 16.1 Å². The van der Waals surface area contributed by atoms with Crippen LogP contribution in [0, 0.1) is 22.7 Å². The van der Waals surface area contributed by atoms with E-state index in [0.29, 0.717) is 6.42 Å². The molecular formula is C20H30O6S. The van der Waals surface area contributed by atoms with Gasteiger partial charge >= 0.3 is 5.97 Å². The second-order valence-electron chi connectivity index (χ2n) is 9.18. The molecule has 5 atom stereocenters. The first-order valence-corrected chi connectivity index (χ1v) is 11.1. The van der Waals surface area contributed by atoms with Gasteiger partial charge in [0.15, 0.2) is 0 Å². The number of cyclic esters (lactones) is 1. The molecule has 2 N–H and O–H groups in total. The third-order valence-corrected chi connectivity index (χ3v) is 8.63. The fourth-order valence-corrected chi connectivity index (χ4v) is 6.81. The molecular weight excluding hydrogens is 368 g/mol. The van der Waals surface area contributed by atoms with E-state index < -0.39 is 27.4 Å². The first-order chi connectivity index (χ1) is 12.4. The second kappa shape index (κ2) is 6.71. The highest BCUT2D eigenvalue weighted by molar-refractivity contribution is 7.86. The van der Waals surface area contributed by atoms with Crippen LogP contribution in [0.1, 0.15) is 52.9 Å². The maximum Gasteiger partial charge on any atom is 0.335 e. The molecule has 0 aromatic carbocycles. The lowest BCUT2D eigenvalue weighted by molar-refractivity contribution is -0.136. The number of carbonyl (C=O) groups is 1. The lowest BCUT2D eigenvalue weighted by Gasteiger charge is -2.59. The summed E-state index contributed by atoms with van der Waals surface area (Å²) in [5.41, 5.74) is 0.447. The molecule has 7 heteroatoms. The van der Waals surface area contributed by atoms with Gasteiger partial charge in [0.05, 0.1) is 11.7 Å². The number of fused-ring (bicyclic) bond motifs is 1. The van der Waals surface area contributed by atoms with Crippen LogP contribution in [0.5, 0.6) is 0 Å². The van der Waals surface area contributed by atoms with Crippen LogP contribution < -0.4 is 0 Å². The molecule has 0 unspecified atom stereocenters. The standard InChI is InChI=1S/C20H30O6S/c1-12-5-6-16-19(2,3)17(21)7-9-20(16,4)14(12)11-15(27(23,24)25)13-8-10-26-18(13)22/h8,14-17,21H,1,5-7,9-11H2,2-4H3,(H,23,24,25)/t14-,15+,16+,17-,20+/m1/s1. The van der Waals surface area contributed by atoms with Crippen LogP contribution in [0.15, 0.2) is 23.8 Å². The summed E-state index contributed by atoms with van der Waals surface area (Å²) in [6.07, 6.45) is 4.21. The van der Waals surface area contributed by atoms with Crippen molar-refractivity contribution in [3.05, 3.63) is 23.8 Å². The molecule has 6 nitrogen and oxygen atoms in total. The van der Waals surface area contributed by atoms with E-state index >= 15 is 0 Å². The van der Waals surface area contributed by atoms with Gasteiger partial charge in [0.2, 0.25) is 0 Å². The van der Waals surface area contributed by atoms with Gasteiger partial charge in [0.25, 0.3) is 10.1 Å². The van der Waals surface area contributed by atoms with E-state index in [2.05, 4.69) is 27.4 Å². The zero-order chi connectivity index (χ0) is 20.2. The highest BCUT2D eigenvalue weighted by Crippen LogP contribution is 2.62. The maximum atomic E-state index is 12.1. The second-order valence-corrected chi connectivity index (χ2v) is 10.8. The van der Waals surface area contributed by atoms with Gasteiger partial charge < -0.3 is 9.84 Å². The molecule has 1 heterocycles. The summed E-state index contributed by atoms with van der Waals surface area (Å²) in [7, 11) is -4.47. The zero-order valence-electron chi connectivity index (χ0n) is 16.3. The predicted octanol–water partition coefficient (Wildman–Crippen LogP) is 2.89. The Hall–Kier alpha value is -1.18. The fraction of sp³-hybridized carbons (Fsp3) is 0.750. The fourth-order valence-electron chi connectivity index (χ4n) is 5.86. The SMILES string of the molecule is C=C1CC[C@H]2C(C)(C)[C@H](O)CC[C@@]2(C)[C@@H]1C[C@@H](C1=CCOC1=O)S(=O)(=O)O. The van der Waals surface area contributed by atoms with E-state index in [1.807, 2.05) is 0 Å². The Morgan fingerprint density at radius 3 is 2.56 bits per heavy atom. The number of allylic oxidation sites excluding steroid dienone is 1. The summed E-state index contributed by atoms with van der Waals surface area (Å²) in [5, 5.41) is 9.23. The summed E-state index contributed by atoms with van der Waals surface area (Å²) >= 11 is 0.